The third-order valence-corrected chi connectivity index (χ3v) is 2.97. The fraction of sp³-hybridized carbons (Fsp3) is 0.364. The molecule has 0 saturated heterocycles. The van der Waals surface area contributed by atoms with Crippen molar-refractivity contribution in [3.63, 3.8) is 0 Å². The molecule has 1 N–H and O–H groups in total. The first-order chi connectivity index (χ1) is 7.58. The van der Waals surface area contributed by atoms with E-state index in [1.807, 2.05) is 30.3 Å². The minimum atomic E-state index is -1.59. The third-order valence-electron chi connectivity index (χ3n) is 2.23. The Bertz CT molecular complexity index is 375. The van der Waals surface area contributed by atoms with Crippen LogP contribution in [0.1, 0.15) is 12.5 Å². The molecule has 4 nitrogen and oxygen atoms in total. The molecule has 0 aliphatic rings. The molecule has 7 heteroatoms. The average Bonchev–Trinajstić information content (AvgIpc) is 2.30. The molecule has 0 heterocycles. The second kappa shape index (κ2) is 10.5. The van der Waals surface area contributed by atoms with Gasteiger partial charge in [0.05, 0.1) is 6.61 Å². The Hall–Kier alpha value is 0.750. The fourth-order valence-electron chi connectivity index (χ4n) is 1.15. The van der Waals surface area contributed by atoms with E-state index in [0.29, 0.717) is 6.42 Å². The molecule has 2 unspecified atom stereocenters. The second-order valence-corrected chi connectivity index (χ2v) is 4.68. The van der Waals surface area contributed by atoms with Gasteiger partial charge >= 0.3 is 19.8 Å². The zero-order chi connectivity index (χ0) is 12.0. The zero-order valence-electron chi connectivity index (χ0n) is 11.0. The van der Waals surface area contributed by atoms with Crippen LogP contribution in [0.15, 0.2) is 30.3 Å². The van der Waals surface area contributed by atoms with E-state index in [9.17, 15) is 9.36 Å². The molecule has 1 rings (SSSR count). The van der Waals surface area contributed by atoms with Crippen molar-refractivity contribution < 1.29 is 19.2 Å². The van der Waals surface area contributed by atoms with Gasteiger partial charge < -0.3 is 9.84 Å². The summed E-state index contributed by atoms with van der Waals surface area (Å²) in [7, 11) is -1.02. The van der Waals surface area contributed by atoms with Gasteiger partial charge in [-0.05, 0) is 12.0 Å². The van der Waals surface area contributed by atoms with E-state index in [4.69, 9.17) is 9.84 Å². The predicted molar refractivity (Wildman–Crippen MR) is 72.6 cm³/mol. The van der Waals surface area contributed by atoms with Crippen molar-refractivity contribution in [1.82, 2.24) is 0 Å². The summed E-state index contributed by atoms with van der Waals surface area (Å²) in [6, 6.07) is 9.58. The molecule has 0 amide bonds. The van der Waals surface area contributed by atoms with Crippen LogP contribution in [0.4, 0.5) is 0 Å². The molecule has 0 aliphatic heterocycles. The minimum Gasteiger partial charge on any atom is -0.476 e. The molecule has 0 aliphatic carbocycles. The number of benzene rings is 1. The molecule has 2 atom stereocenters. The maximum Gasteiger partial charge on any atom is 0.387 e. The van der Waals surface area contributed by atoms with Crippen molar-refractivity contribution in [2.45, 2.75) is 18.7 Å². The summed E-state index contributed by atoms with van der Waals surface area (Å²) in [5, 5.41) is 7.22. The van der Waals surface area contributed by atoms with Crippen LogP contribution >= 0.6 is 8.46 Å². The molecular formula is C11H14Na2O4P+. The fourth-order valence-corrected chi connectivity index (χ4v) is 1.40. The summed E-state index contributed by atoms with van der Waals surface area (Å²) in [6.07, 6.45) is 0.605. The molecular weight excluding hydrogens is 273 g/mol. The van der Waals surface area contributed by atoms with Crippen LogP contribution in [-0.4, -0.2) is 82.1 Å². The smallest absolute Gasteiger partial charge is 0.387 e. The first-order valence-electron chi connectivity index (χ1n) is 4.89. The number of aliphatic carboxylic acids is 1. The maximum absolute atomic E-state index is 10.8. The normalized spacial score (nSPS) is 12.9. The van der Waals surface area contributed by atoms with Crippen LogP contribution in [-0.2, 0) is 20.5 Å². The summed E-state index contributed by atoms with van der Waals surface area (Å²) in [4.78, 5) is 10.8. The largest absolute Gasteiger partial charge is 0.476 e. The Labute approximate surface area is 152 Å². The summed E-state index contributed by atoms with van der Waals surface area (Å²) < 4.78 is 15.9. The molecule has 18 heavy (non-hydrogen) atoms. The van der Waals surface area contributed by atoms with Gasteiger partial charge in [-0.1, -0.05) is 34.9 Å². The van der Waals surface area contributed by atoms with E-state index < -0.39 is 19.8 Å². The van der Waals surface area contributed by atoms with Gasteiger partial charge in [0.1, 0.15) is 0 Å². The van der Waals surface area contributed by atoms with Gasteiger partial charge in [-0.2, -0.15) is 0 Å². The third kappa shape index (κ3) is 6.78. The predicted octanol–water partition coefficient (Wildman–Crippen LogP) is 1.31. The quantitative estimate of drug-likeness (QED) is 0.633. The topological polar surface area (TPSA) is 63.6 Å². The van der Waals surface area contributed by atoms with Crippen LogP contribution in [0.2, 0.25) is 0 Å². The summed E-state index contributed by atoms with van der Waals surface area (Å²) in [5.41, 5.74) is 1.06. The van der Waals surface area contributed by atoms with Crippen molar-refractivity contribution in [2.75, 3.05) is 6.61 Å². The molecule has 0 bridgehead atoms. The van der Waals surface area contributed by atoms with E-state index in [2.05, 4.69) is 0 Å². The van der Waals surface area contributed by atoms with Gasteiger partial charge in [0.25, 0.3) is 0 Å². The number of hydrogen-bond donors (Lipinski definition) is 1. The molecule has 2 radical (unpaired) electrons. The summed E-state index contributed by atoms with van der Waals surface area (Å²) in [5.74, 6) is -1.20. The Balaban J connectivity index is 0. The molecule has 1 aromatic rings. The first-order valence-corrected chi connectivity index (χ1v) is 5.80. The zero-order valence-corrected chi connectivity index (χ0v) is 16.0. The standard InChI is InChI=1S/C11H13O4P.2Na/c1-11(16-14,10(12)13)15-8-7-9-5-3-2-4-6-9;;/h2-6H,7-8H2,1H3,(H,12,13);;/p+1. The van der Waals surface area contributed by atoms with Gasteiger partial charge in [-0.15, -0.1) is 0 Å². The maximum atomic E-state index is 10.8. The number of rotatable bonds is 6. The van der Waals surface area contributed by atoms with Crippen LogP contribution in [0.5, 0.6) is 0 Å². The van der Waals surface area contributed by atoms with Crippen molar-refractivity contribution in [3.8, 4) is 0 Å². The number of carboxylic acids is 1. The van der Waals surface area contributed by atoms with Gasteiger partial charge in [-0.25, -0.2) is 4.79 Å². The van der Waals surface area contributed by atoms with Gasteiger partial charge in [-0.3, -0.25) is 0 Å². The summed E-state index contributed by atoms with van der Waals surface area (Å²) in [6.45, 7) is 1.55. The Morgan fingerprint density at radius 3 is 2.33 bits per heavy atom. The van der Waals surface area contributed by atoms with Gasteiger partial charge in [0.15, 0.2) is 0 Å². The molecule has 0 saturated carbocycles. The van der Waals surface area contributed by atoms with Crippen molar-refractivity contribution in [1.29, 1.82) is 0 Å². The van der Waals surface area contributed by atoms with Gasteiger partial charge in [0, 0.05) is 66.0 Å². The van der Waals surface area contributed by atoms with Crippen LogP contribution < -0.4 is 0 Å². The number of carbonyl (C=O) groups is 1. The van der Waals surface area contributed by atoms with E-state index in [1.54, 1.807) is 0 Å². The Morgan fingerprint density at radius 2 is 1.89 bits per heavy atom. The van der Waals surface area contributed by atoms with E-state index in [0.717, 1.165) is 5.56 Å². The number of ether oxygens (including phenoxy) is 1. The molecule has 0 aromatic heterocycles. The number of hydrogen-bond acceptors (Lipinski definition) is 3. The van der Waals surface area contributed by atoms with Crippen molar-refractivity contribution >= 4 is 73.5 Å². The second-order valence-electron chi connectivity index (χ2n) is 3.52. The van der Waals surface area contributed by atoms with E-state index >= 15 is 0 Å². The Morgan fingerprint density at radius 1 is 1.33 bits per heavy atom. The monoisotopic (exact) mass is 287 g/mol. The number of carboxylic acid groups (broad SMARTS) is 1. The first kappa shape index (κ1) is 21.1. The molecule has 1 aromatic carbocycles. The van der Waals surface area contributed by atoms with Crippen LogP contribution in [0.3, 0.4) is 0 Å². The average molecular weight is 287 g/mol. The van der Waals surface area contributed by atoms with E-state index in [1.165, 1.54) is 6.92 Å². The van der Waals surface area contributed by atoms with Crippen LogP contribution in [0.25, 0.3) is 0 Å². The van der Waals surface area contributed by atoms with Crippen molar-refractivity contribution in [3.05, 3.63) is 35.9 Å². The Kier molecular flexibility index (Phi) is 12.3. The van der Waals surface area contributed by atoms with Gasteiger partial charge in [0.2, 0.25) is 0 Å². The molecule has 0 fully saturated rings. The molecule has 0 spiro atoms. The van der Waals surface area contributed by atoms with E-state index in [-0.39, 0.29) is 65.7 Å². The minimum absolute atomic E-state index is 0. The van der Waals surface area contributed by atoms with Crippen molar-refractivity contribution in [2.24, 2.45) is 0 Å². The SMILES string of the molecule is CC(OCCc1ccccc1)([PH+]=O)C(=O)O.[Na].[Na]. The molecule has 88 valence electrons. The van der Waals surface area contributed by atoms with Crippen LogP contribution in [0, 0.1) is 0 Å². The summed E-state index contributed by atoms with van der Waals surface area (Å²) >= 11 is 0.